The monoisotopic (exact) mass is 788 g/mol. The number of ether oxygens (including phenoxy) is 7. The van der Waals surface area contributed by atoms with Crippen LogP contribution in [0, 0.1) is 0 Å². The third-order valence-electron chi connectivity index (χ3n) is 9.49. The molecule has 0 bridgehead atoms. The molecule has 4 aliphatic rings. The highest BCUT2D eigenvalue weighted by Crippen LogP contribution is 2.34. The van der Waals surface area contributed by atoms with Crippen LogP contribution in [0.1, 0.15) is 20.8 Å². The number of hydrogen-bond acceptors (Lipinski definition) is 21. The summed E-state index contributed by atoms with van der Waals surface area (Å²) in [6.45, 7) is -0.0467. The van der Waals surface area contributed by atoms with Crippen molar-refractivity contribution < 1.29 is 98.6 Å². The normalized spacial score (nSPS) is 45.7. The maximum Gasteiger partial charge on any atom is 0.217 e. The number of nitrogens with two attached hydrogens (primary N) is 1. The van der Waals surface area contributed by atoms with Gasteiger partial charge in [-0.2, -0.15) is 0 Å². The highest BCUT2D eigenvalue weighted by atomic mass is 16.8. The van der Waals surface area contributed by atoms with Crippen LogP contribution >= 0.6 is 0 Å². The van der Waals surface area contributed by atoms with Gasteiger partial charge in [0, 0.05) is 20.8 Å². The van der Waals surface area contributed by atoms with Crippen molar-refractivity contribution >= 4 is 17.7 Å². The molecule has 0 aromatic heterocycles. The molecule has 312 valence electrons. The molecular weight excluding hydrogens is 736 g/mol. The second-order valence-corrected chi connectivity index (χ2v) is 13.4. The van der Waals surface area contributed by atoms with E-state index in [0.717, 1.165) is 20.8 Å². The van der Waals surface area contributed by atoms with Crippen LogP contribution in [0.15, 0.2) is 0 Å². The first-order chi connectivity index (χ1) is 25.5. The van der Waals surface area contributed by atoms with Gasteiger partial charge in [0.15, 0.2) is 25.2 Å². The van der Waals surface area contributed by atoms with Crippen molar-refractivity contribution in [3.8, 4) is 0 Å². The van der Waals surface area contributed by atoms with E-state index in [0.29, 0.717) is 0 Å². The zero-order valence-electron chi connectivity index (χ0n) is 29.5. The number of nitrogens with one attached hydrogen (secondary N) is 3. The van der Waals surface area contributed by atoms with E-state index in [9.17, 15) is 65.4 Å². The smallest absolute Gasteiger partial charge is 0.217 e. The van der Waals surface area contributed by atoms with Gasteiger partial charge < -0.3 is 106 Å². The summed E-state index contributed by atoms with van der Waals surface area (Å²) in [6, 6.07) is -6.00. The van der Waals surface area contributed by atoms with Gasteiger partial charge in [-0.05, 0) is 0 Å². The molecule has 0 aromatic carbocycles. The molecule has 0 aromatic rings. The highest BCUT2D eigenvalue weighted by Gasteiger charge is 2.56. The van der Waals surface area contributed by atoms with Gasteiger partial charge in [0.25, 0.3) is 0 Å². The average Bonchev–Trinajstić information content (AvgIpc) is 3.12. The van der Waals surface area contributed by atoms with Gasteiger partial charge in [0.2, 0.25) is 17.7 Å². The summed E-state index contributed by atoms with van der Waals surface area (Å²) in [4.78, 5) is 36.3. The lowest BCUT2D eigenvalue weighted by Crippen LogP contribution is -2.71. The van der Waals surface area contributed by atoms with Crippen LogP contribution in [0.2, 0.25) is 0 Å². The largest absolute Gasteiger partial charge is 0.394 e. The molecule has 4 rings (SSSR count). The molecule has 3 amide bonds. The van der Waals surface area contributed by atoms with E-state index in [2.05, 4.69) is 16.0 Å². The number of aliphatic hydroxyl groups is 10. The fraction of sp³-hybridized carbons (Fsp3) is 0.900. The minimum atomic E-state index is -1.87. The zero-order chi connectivity index (χ0) is 40.2. The third kappa shape index (κ3) is 9.79. The van der Waals surface area contributed by atoms with E-state index in [1.165, 1.54) is 0 Å². The first-order valence-corrected chi connectivity index (χ1v) is 17.1. The fourth-order valence-electron chi connectivity index (χ4n) is 6.81. The molecule has 4 saturated heterocycles. The van der Waals surface area contributed by atoms with Crippen molar-refractivity contribution in [1.82, 2.24) is 16.0 Å². The van der Waals surface area contributed by atoms with Crippen LogP contribution in [-0.2, 0) is 47.5 Å². The lowest BCUT2D eigenvalue weighted by atomic mass is 9.93. The van der Waals surface area contributed by atoms with E-state index < -0.39 is 167 Å². The van der Waals surface area contributed by atoms with Crippen LogP contribution in [0.3, 0.4) is 0 Å². The van der Waals surface area contributed by atoms with Crippen LogP contribution < -0.4 is 21.7 Å². The molecule has 0 radical (unpaired) electrons. The van der Waals surface area contributed by atoms with E-state index in [1.54, 1.807) is 0 Å². The third-order valence-corrected chi connectivity index (χ3v) is 9.49. The summed E-state index contributed by atoms with van der Waals surface area (Å²) in [5, 5.41) is 112. The van der Waals surface area contributed by atoms with Crippen molar-refractivity contribution in [2.45, 2.75) is 143 Å². The Balaban J connectivity index is 1.59. The number of aliphatic hydroxyl groups excluding tert-OH is 10. The summed E-state index contributed by atoms with van der Waals surface area (Å²) >= 11 is 0. The Morgan fingerprint density at radius 2 is 0.833 bits per heavy atom. The second kappa shape index (κ2) is 19.2. The molecule has 15 N–H and O–H groups in total. The molecule has 0 saturated carbocycles. The number of hydrogen-bond donors (Lipinski definition) is 14. The standard InChI is InChI=1S/C30H52N4O20/c1-8(39)32-16-21(44)24(12(5-36)48-27(16)47)53-29-18(34-10(3)41)23(46)26(14(7-38)51-29)54-30-17(33-9(2)40)22(45)25(13(6-37)50-30)52-28-15(31)20(43)19(42)11(4-35)49-28/h11-30,35-38,42-47H,4-7,31H2,1-3H3,(H,32,39)(H,33,40)(H,34,41)/t11?,12?,13?,14?,15?,16?,17?,18?,19-,20-,21?,22?,23-,24-,25-,26-,27?,28+,29+,30+/m1/s1. The number of carbonyl (C=O) groups excluding carboxylic acids is 3. The molecule has 0 spiro atoms. The van der Waals surface area contributed by atoms with Crippen molar-refractivity contribution in [3.63, 3.8) is 0 Å². The van der Waals surface area contributed by atoms with Gasteiger partial charge in [-0.1, -0.05) is 0 Å². The van der Waals surface area contributed by atoms with Gasteiger partial charge in [-0.15, -0.1) is 0 Å². The molecule has 54 heavy (non-hydrogen) atoms. The number of carbonyl (C=O) groups is 3. The Morgan fingerprint density at radius 1 is 0.500 bits per heavy atom. The predicted octanol–water partition coefficient (Wildman–Crippen LogP) is -9.35. The fourth-order valence-corrected chi connectivity index (χ4v) is 6.81. The SMILES string of the molecule is CC(=O)NC1C(O)OC(CO)[C@@H](O[C@@H]2OC(CO)[C@@H](O[C@@H]3OC(CO)[C@@H](O[C@@H]4OC(CO)[C@@H](O)[C@H](O)C4N)C(O)C3NC(C)=O)[C@H](O)C2NC(C)=O)C1O. The van der Waals surface area contributed by atoms with E-state index in [1.807, 2.05) is 0 Å². The molecular formula is C30H52N4O20. The van der Waals surface area contributed by atoms with E-state index in [-0.39, 0.29) is 0 Å². The highest BCUT2D eigenvalue weighted by molar-refractivity contribution is 5.74. The van der Waals surface area contributed by atoms with Crippen LogP contribution in [0.25, 0.3) is 0 Å². The minimum Gasteiger partial charge on any atom is -0.394 e. The second-order valence-electron chi connectivity index (χ2n) is 13.4. The minimum absolute atomic E-state index is 0.655. The maximum atomic E-state index is 12.3. The molecule has 4 aliphatic heterocycles. The zero-order valence-corrected chi connectivity index (χ0v) is 29.5. The molecule has 20 atom stereocenters. The Morgan fingerprint density at radius 3 is 1.22 bits per heavy atom. The van der Waals surface area contributed by atoms with Crippen LogP contribution in [-0.4, -0.2) is 218 Å². The van der Waals surface area contributed by atoms with Crippen LogP contribution in [0.4, 0.5) is 0 Å². The Hall–Kier alpha value is -2.31. The van der Waals surface area contributed by atoms with Gasteiger partial charge in [-0.3, -0.25) is 14.4 Å². The lowest BCUT2D eigenvalue weighted by molar-refractivity contribution is -0.361. The number of rotatable bonds is 13. The lowest BCUT2D eigenvalue weighted by Gasteiger charge is -2.50. The van der Waals surface area contributed by atoms with Gasteiger partial charge in [-0.25, -0.2) is 0 Å². The molecule has 24 nitrogen and oxygen atoms in total. The summed E-state index contributed by atoms with van der Waals surface area (Å²) in [5.41, 5.74) is 5.98. The van der Waals surface area contributed by atoms with Crippen molar-refractivity contribution in [1.29, 1.82) is 0 Å². The molecule has 4 heterocycles. The summed E-state index contributed by atoms with van der Waals surface area (Å²) < 4.78 is 40.3. The van der Waals surface area contributed by atoms with Crippen molar-refractivity contribution in [2.75, 3.05) is 26.4 Å². The van der Waals surface area contributed by atoms with Crippen molar-refractivity contribution in [3.05, 3.63) is 0 Å². The summed E-state index contributed by atoms with van der Waals surface area (Å²) in [7, 11) is 0. The van der Waals surface area contributed by atoms with Gasteiger partial charge >= 0.3 is 0 Å². The van der Waals surface area contributed by atoms with E-state index in [4.69, 9.17) is 38.9 Å². The first-order valence-electron chi connectivity index (χ1n) is 17.1. The number of amides is 3. The predicted molar refractivity (Wildman–Crippen MR) is 171 cm³/mol. The van der Waals surface area contributed by atoms with E-state index >= 15 is 0 Å². The van der Waals surface area contributed by atoms with Gasteiger partial charge in [0.05, 0.1) is 32.5 Å². The van der Waals surface area contributed by atoms with Crippen molar-refractivity contribution in [2.24, 2.45) is 5.73 Å². The average molecular weight is 789 g/mol. The first kappa shape index (κ1) is 44.4. The molecule has 24 heteroatoms. The Kier molecular flexibility index (Phi) is 15.8. The Bertz CT molecular complexity index is 1260. The van der Waals surface area contributed by atoms with Crippen LogP contribution in [0.5, 0.6) is 0 Å². The topological polar surface area (TPSA) is 380 Å². The summed E-state index contributed by atoms with van der Waals surface area (Å²) in [5.74, 6) is -2.11. The van der Waals surface area contributed by atoms with Gasteiger partial charge in [0.1, 0.15) is 91.4 Å². The molecule has 0 aliphatic carbocycles. The quantitative estimate of drug-likeness (QED) is 0.0824. The maximum absolute atomic E-state index is 12.3. The molecule has 4 fully saturated rings. The summed E-state index contributed by atoms with van der Waals surface area (Å²) in [6.07, 6.45) is -26.1. The molecule has 11 unspecified atom stereocenters. The Labute approximate surface area is 308 Å².